The molecule has 0 bridgehead atoms. The van der Waals surface area contributed by atoms with Crippen LogP contribution in [0.3, 0.4) is 0 Å². The number of hydrogen-bond acceptors (Lipinski definition) is 6. The molecule has 7 heteroatoms. The van der Waals surface area contributed by atoms with Crippen LogP contribution in [0.25, 0.3) is 0 Å². The molecule has 0 amide bonds. The maximum absolute atomic E-state index is 8.34. The molecule has 0 aliphatic rings. The minimum atomic E-state index is 0. The van der Waals surface area contributed by atoms with Crippen molar-refractivity contribution >= 4 is 0 Å². The van der Waals surface area contributed by atoms with Gasteiger partial charge < -0.3 is 30.2 Å². The van der Waals surface area contributed by atoms with Gasteiger partial charge in [-0.2, -0.15) is 0 Å². The van der Waals surface area contributed by atoms with Crippen LogP contribution in [0.4, 0.5) is 0 Å². The van der Waals surface area contributed by atoms with Crippen molar-refractivity contribution < 1.29 is 42.1 Å². The Labute approximate surface area is 119 Å². The van der Waals surface area contributed by atoms with Crippen LogP contribution in [0.2, 0.25) is 0 Å². The Kier molecular flexibility index (Phi) is 25.1. The quantitative estimate of drug-likeness (QED) is 0.379. The normalized spacial score (nSPS) is 9.88. The molecule has 0 aliphatic heterocycles. The molecule has 0 atom stereocenters. The van der Waals surface area contributed by atoms with Crippen molar-refractivity contribution in [2.24, 2.45) is 0 Å². The minimum absolute atomic E-state index is 0. The van der Waals surface area contributed by atoms with E-state index in [1.54, 1.807) is 0 Å². The molecular weight excluding hydrogens is 260 g/mol. The number of aliphatic hydroxyl groups is 4. The molecule has 0 saturated carbocycles. The van der Waals surface area contributed by atoms with Gasteiger partial charge in [-0.3, -0.25) is 0 Å². The molecule has 6 nitrogen and oxygen atoms in total. The maximum atomic E-state index is 8.34. The first-order valence-electron chi connectivity index (χ1n) is 5.42. The van der Waals surface area contributed by atoms with Crippen molar-refractivity contribution in [3.8, 4) is 0 Å². The van der Waals surface area contributed by atoms with Crippen LogP contribution in [0.15, 0.2) is 0 Å². The molecule has 17 heavy (non-hydrogen) atoms. The molecular formula is C10H26N2O4Ti. The minimum Gasteiger partial charge on any atom is -0.395 e. The average Bonchev–Trinajstić information content (AvgIpc) is 2.20. The van der Waals surface area contributed by atoms with Crippen molar-refractivity contribution in [2.75, 3.05) is 66.7 Å². The topological polar surface area (TPSA) is 87.4 Å². The first-order chi connectivity index (χ1) is 7.62. The van der Waals surface area contributed by atoms with Crippen LogP contribution in [0.5, 0.6) is 0 Å². The van der Waals surface area contributed by atoms with Gasteiger partial charge >= 0.3 is 0 Å². The van der Waals surface area contributed by atoms with E-state index >= 15 is 0 Å². The molecule has 0 heterocycles. The predicted octanol–water partition coefficient (Wildman–Crippen LogP) is -2.20. The second-order valence-electron chi connectivity index (χ2n) is 3.50. The van der Waals surface area contributed by atoms with Crippen LogP contribution in [-0.2, 0) is 21.7 Å². The largest absolute Gasteiger partial charge is 0.395 e. The second kappa shape index (κ2) is 18.8. The fourth-order valence-corrected chi connectivity index (χ4v) is 0.906. The zero-order valence-electron chi connectivity index (χ0n) is 10.8. The van der Waals surface area contributed by atoms with Gasteiger partial charge in [0.25, 0.3) is 0 Å². The van der Waals surface area contributed by atoms with E-state index in [2.05, 4.69) is 0 Å². The second-order valence-corrected chi connectivity index (χ2v) is 3.50. The zero-order chi connectivity index (χ0) is 12.8. The molecule has 104 valence electrons. The van der Waals surface area contributed by atoms with Crippen molar-refractivity contribution in [3.63, 3.8) is 0 Å². The van der Waals surface area contributed by atoms with Crippen molar-refractivity contribution in [2.45, 2.75) is 0 Å². The molecule has 0 aromatic rings. The summed E-state index contributed by atoms with van der Waals surface area (Å²) in [5.41, 5.74) is 0. The van der Waals surface area contributed by atoms with E-state index in [0.29, 0.717) is 26.2 Å². The number of nitrogens with zero attached hydrogens (tertiary/aromatic N) is 2. The van der Waals surface area contributed by atoms with E-state index in [4.69, 9.17) is 20.4 Å². The summed E-state index contributed by atoms with van der Waals surface area (Å²) in [6, 6.07) is 0. The van der Waals surface area contributed by atoms with Gasteiger partial charge in [0.05, 0.1) is 26.4 Å². The Morgan fingerprint density at radius 2 is 0.765 bits per heavy atom. The number of aliphatic hydroxyl groups excluding tert-OH is 4. The van der Waals surface area contributed by atoms with Gasteiger partial charge in [-0.1, -0.05) is 0 Å². The average molecular weight is 286 g/mol. The van der Waals surface area contributed by atoms with Crippen LogP contribution >= 0.6 is 0 Å². The van der Waals surface area contributed by atoms with Crippen LogP contribution in [0, 0.1) is 0 Å². The maximum Gasteiger partial charge on any atom is 0.0558 e. The fourth-order valence-electron chi connectivity index (χ4n) is 0.906. The van der Waals surface area contributed by atoms with Crippen molar-refractivity contribution in [1.29, 1.82) is 0 Å². The molecule has 4 N–H and O–H groups in total. The van der Waals surface area contributed by atoms with E-state index in [1.165, 1.54) is 0 Å². The third kappa shape index (κ3) is 22.2. The molecule has 0 radical (unpaired) electrons. The van der Waals surface area contributed by atoms with Crippen LogP contribution in [-0.4, -0.2) is 96.9 Å². The van der Waals surface area contributed by atoms with Gasteiger partial charge in [0.2, 0.25) is 0 Å². The van der Waals surface area contributed by atoms with Crippen molar-refractivity contribution in [1.82, 2.24) is 9.80 Å². The number of likely N-dealkylation sites (N-methyl/N-ethyl adjacent to an activating group) is 2. The van der Waals surface area contributed by atoms with Gasteiger partial charge in [0, 0.05) is 47.9 Å². The summed E-state index contributed by atoms with van der Waals surface area (Å²) in [7, 11) is 3.71. The van der Waals surface area contributed by atoms with Crippen molar-refractivity contribution in [3.05, 3.63) is 0 Å². The van der Waals surface area contributed by atoms with E-state index in [-0.39, 0.29) is 48.1 Å². The van der Waals surface area contributed by atoms with Gasteiger partial charge in [0.1, 0.15) is 0 Å². The smallest absolute Gasteiger partial charge is 0.0558 e. The molecule has 0 rings (SSSR count). The predicted molar refractivity (Wildman–Crippen MR) is 63.3 cm³/mol. The summed E-state index contributed by atoms with van der Waals surface area (Å²) < 4.78 is 0. The van der Waals surface area contributed by atoms with Gasteiger partial charge in [-0.05, 0) is 14.1 Å². The van der Waals surface area contributed by atoms with Gasteiger partial charge in [-0.25, -0.2) is 0 Å². The molecule has 0 unspecified atom stereocenters. The molecule has 0 aromatic carbocycles. The SMILES string of the molecule is CN(CCO)CCO.CN(CCO)CCO.[Ti]. The van der Waals surface area contributed by atoms with Crippen LogP contribution < -0.4 is 0 Å². The molecule has 0 aromatic heterocycles. The molecule has 0 saturated heterocycles. The summed E-state index contributed by atoms with van der Waals surface area (Å²) in [5, 5.41) is 33.4. The zero-order valence-corrected chi connectivity index (χ0v) is 12.4. The van der Waals surface area contributed by atoms with Crippen LogP contribution in [0.1, 0.15) is 0 Å². The Hall–Kier alpha value is 0.474. The monoisotopic (exact) mass is 286 g/mol. The Morgan fingerprint density at radius 3 is 0.882 bits per heavy atom. The summed E-state index contributed by atoms with van der Waals surface area (Å²) in [5.74, 6) is 0. The fraction of sp³-hybridized carbons (Fsp3) is 1.00. The molecule has 0 spiro atoms. The summed E-state index contributed by atoms with van der Waals surface area (Å²) in [4.78, 5) is 3.72. The molecule has 0 aliphatic carbocycles. The standard InChI is InChI=1S/2C5H13NO2.Ti/c2*1-6(2-4-7)3-5-8;/h2*7-8H,2-5H2,1H3;. The van der Waals surface area contributed by atoms with Gasteiger partial charge in [-0.15, -0.1) is 0 Å². The first-order valence-corrected chi connectivity index (χ1v) is 5.42. The Morgan fingerprint density at radius 1 is 0.588 bits per heavy atom. The summed E-state index contributed by atoms with van der Waals surface area (Å²) in [6.45, 7) is 3.21. The summed E-state index contributed by atoms with van der Waals surface area (Å²) >= 11 is 0. The van der Waals surface area contributed by atoms with E-state index in [0.717, 1.165) is 0 Å². The summed E-state index contributed by atoms with van der Waals surface area (Å²) in [6.07, 6.45) is 0. The number of hydrogen-bond donors (Lipinski definition) is 4. The molecule has 0 fully saturated rings. The Bertz CT molecular complexity index is 107. The third-order valence-corrected chi connectivity index (χ3v) is 1.93. The van der Waals surface area contributed by atoms with E-state index in [9.17, 15) is 0 Å². The van der Waals surface area contributed by atoms with E-state index in [1.807, 2.05) is 23.9 Å². The van der Waals surface area contributed by atoms with Gasteiger partial charge in [0.15, 0.2) is 0 Å². The Balaban J connectivity index is -0.000000218. The third-order valence-electron chi connectivity index (χ3n) is 1.93. The first kappa shape index (κ1) is 22.6. The number of rotatable bonds is 8. The van der Waals surface area contributed by atoms with E-state index < -0.39 is 0 Å².